The molecule has 2 aromatic rings. The highest BCUT2D eigenvalue weighted by atomic mass is 79.9. The number of aromatic nitrogens is 2. The Bertz CT molecular complexity index is 612. The van der Waals surface area contributed by atoms with E-state index in [0.717, 1.165) is 4.47 Å². The van der Waals surface area contributed by atoms with Crippen molar-refractivity contribution in [2.45, 2.75) is 13.3 Å². The summed E-state index contributed by atoms with van der Waals surface area (Å²) in [4.78, 5) is 17.8. The van der Waals surface area contributed by atoms with Gasteiger partial charge >= 0.3 is 5.97 Å². The minimum absolute atomic E-state index is 0.283. The molecule has 0 fully saturated rings. The average molecular weight is 327 g/mol. The zero-order valence-corrected chi connectivity index (χ0v) is 11.7. The largest absolute Gasteiger partial charge is 0.481 e. The predicted molar refractivity (Wildman–Crippen MR) is 72.2 cm³/mol. The summed E-state index contributed by atoms with van der Waals surface area (Å²) in [6, 6.07) is 4.62. The summed E-state index contributed by atoms with van der Waals surface area (Å²) in [5, 5.41) is 8.84. The number of hydrogen-bond donors (Lipinski definition) is 2. The van der Waals surface area contributed by atoms with Crippen LogP contribution in [0.1, 0.15) is 12.7 Å². The number of carbonyl (C=O) groups is 1. The van der Waals surface area contributed by atoms with Gasteiger partial charge < -0.3 is 10.1 Å². The summed E-state index contributed by atoms with van der Waals surface area (Å²) in [6.45, 7) is 1.60. The standard InChI is InChI=1S/C13H12BrFN2O2/c1-7(13(18)19)4-12-16-6-11(17-12)9-5-8(14)2-3-10(9)15/h2-3,5-7H,4H2,1H3,(H,16,17)(H,18,19). The van der Waals surface area contributed by atoms with Gasteiger partial charge in [-0.1, -0.05) is 22.9 Å². The van der Waals surface area contributed by atoms with Crippen molar-refractivity contribution < 1.29 is 14.3 Å². The molecule has 2 N–H and O–H groups in total. The Morgan fingerprint density at radius 1 is 1.58 bits per heavy atom. The van der Waals surface area contributed by atoms with E-state index < -0.39 is 11.9 Å². The minimum Gasteiger partial charge on any atom is -0.481 e. The number of rotatable bonds is 4. The van der Waals surface area contributed by atoms with Crippen LogP contribution in [0.5, 0.6) is 0 Å². The molecular weight excluding hydrogens is 315 g/mol. The summed E-state index contributed by atoms with van der Waals surface area (Å²) in [5.74, 6) is -1.24. The number of imidazole rings is 1. The molecule has 0 saturated carbocycles. The zero-order chi connectivity index (χ0) is 14.0. The van der Waals surface area contributed by atoms with Crippen LogP contribution in [0, 0.1) is 11.7 Å². The van der Waals surface area contributed by atoms with Crippen LogP contribution in [0.15, 0.2) is 28.9 Å². The first-order valence-corrected chi connectivity index (χ1v) is 6.49. The lowest BCUT2D eigenvalue weighted by Crippen LogP contribution is -2.12. The van der Waals surface area contributed by atoms with Crippen molar-refractivity contribution >= 4 is 21.9 Å². The first-order valence-electron chi connectivity index (χ1n) is 5.69. The number of nitrogens with one attached hydrogen (secondary N) is 1. The molecule has 19 heavy (non-hydrogen) atoms. The van der Waals surface area contributed by atoms with Gasteiger partial charge in [-0.05, 0) is 18.2 Å². The summed E-state index contributed by atoms with van der Waals surface area (Å²) < 4.78 is 14.5. The quantitative estimate of drug-likeness (QED) is 0.906. The highest BCUT2D eigenvalue weighted by Gasteiger charge is 2.15. The van der Waals surface area contributed by atoms with Gasteiger partial charge in [0.05, 0.1) is 17.8 Å². The number of carboxylic acid groups (broad SMARTS) is 1. The second-order valence-corrected chi connectivity index (χ2v) is 5.23. The smallest absolute Gasteiger partial charge is 0.306 e. The van der Waals surface area contributed by atoms with E-state index in [4.69, 9.17) is 5.11 Å². The molecule has 1 aromatic carbocycles. The van der Waals surface area contributed by atoms with E-state index >= 15 is 0 Å². The number of nitrogens with zero attached hydrogens (tertiary/aromatic N) is 1. The van der Waals surface area contributed by atoms with Crippen molar-refractivity contribution in [2.24, 2.45) is 5.92 Å². The lowest BCUT2D eigenvalue weighted by molar-refractivity contribution is -0.141. The number of aliphatic carboxylic acids is 1. The number of hydrogen-bond acceptors (Lipinski definition) is 2. The summed E-state index contributed by atoms with van der Waals surface area (Å²) >= 11 is 3.28. The Balaban J connectivity index is 2.26. The topological polar surface area (TPSA) is 66.0 Å². The van der Waals surface area contributed by atoms with Crippen LogP contribution in [-0.2, 0) is 11.2 Å². The van der Waals surface area contributed by atoms with E-state index in [1.165, 1.54) is 12.3 Å². The molecule has 0 bridgehead atoms. The lowest BCUT2D eigenvalue weighted by Gasteiger charge is -2.03. The van der Waals surface area contributed by atoms with E-state index in [-0.39, 0.29) is 12.2 Å². The van der Waals surface area contributed by atoms with Crippen molar-refractivity contribution in [2.75, 3.05) is 0 Å². The number of H-pyrrole nitrogens is 1. The van der Waals surface area contributed by atoms with Gasteiger partial charge in [0.1, 0.15) is 11.6 Å². The molecule has 0 amide bonds. The van der Waals surface area contributed by atoms with Crippen molar-refractivity contribution in [1.82, 2.24) is 9.97 Å². The minimum atomic E-state index is -0.883. The number of benzene rings is 1. The molecule has 1 unspecified atom stereocenters. The Morgan fingerprint density at radius 3 is 3.00 bits per heavy atom. The molecule has 0 aliphatic rings. The molecule has 0 aliphatic carbocycles. The molecule has 1 aromatic heterocycles. The average Bonchev–Trinajstić information content (AvgIpc) is 2.80. The molecule has 0 aliphatic heterocycles. The van der Waals surface area contributed by atoms with Crippen molar-refractivity contribution in [3.8, 4) is 11.3 Å². The SMILES string of the molecule is CC(Cc1ncc(-c2cc(Br)ccc2F)[nH]1)C(=O)O. The molecular formula is C13H12BrFN2O2. The molecule has 6 heteroatoms. The molecule has 4 nitrogen and oxygen atoms in total. The summed E-state index contributed by atoms with van der Waals surface area (Å²) in [6.07, 6.45) is 1.79. The summed E-state index contributed by atoms with van der Waals surface area (Å²) in [7, 11) is 0. The van der Waals surface area contributed by atoms with Gasteiger partial charge in [-0.2, -0.15) is 0 Å². The Morgan fingerprint density at radius 2 is 2.32 bits per heavy atom. The van der Waals surface area contributed by atoms with Gasteiger partial charge in [-0.25, -0.2) is 9.37 Å². The molecule has 2 rings (SSSR count). The van der Waals surface area contributed by atoms with E-state index in [9.17, 15) is 9.18 Å². The van der Waals surface area contributed by atoms with Gasteiger partial charge in [0.25, 0.3) is 0 Å². The number of carboxylic acids is 1. The third-order valence-electron chi connectivity index (χ3n) is 2.77. The monoisotopic (exact) mass is 326 g/mol. The second-order valence-electron chi connectivity index (χ2n) is 4.31. The van der Waals surface area contributed by atoms with E-state index in [2.05, 4.69) is 25.9 Å². The van der Waals surface area contributed by atoms with Crippen LogP contribution in [0.2, 0.25) is 0 Å². The van der Waals surface area contributed by atoms with E-state index in [0.29, 0.717) is 17.1 Å². The van der Waals surface area contributed by atoms with Crippen LogP contribution in [-0.4, -0.2) is 21.0 Å². The molecule has 1 heterocycles. The maximum Gasteiger partial charge on any atom is 0.306 e. The van der Waals surface area contributed by atoms with Gasteiger partial charge in [0.15, 0.2) is 0 Å². The Kier molecular flexibility index (Phi) is 3.99. The lowest BCUT2D eigenvalue weighted by atomic mass is 10.1. The molecule has 0 radical (unpaired) electrons. The van der Waals surface area contributed by atoms with Gasteiger partial charge in [-0.15, -0.1) is 0 Å². The molecule has 1 atom stereocenters. The Labute approximate surface area is 117 Å². The Hall–Kier alpha value is -1.69. The number of aromatic amines is 1. The van der Waals surface area contributed by atoms with Crippen molar-refractivity contribution in [1.29, 1.82) is 0 Å². The third-order valence-corrected chi connectivity index (χ3v) is 3.26. The van der Waals surface area contributed by atoms with Crippen LogP contribution in [0.3, 0.4) is 0 Å². The van der Waals surface area contributed by atoms with Gasteiger partial charge in [0.2, 0.25) is 0 Å². The maximum atomic E-state index is 13.7. The zero-order valence-electron chi connectivity index (χ0n) is 10.2. The molecule has 0 saturated heterocycles. The van der Waals surface area contributed by atoms with E-state index in [1.54, 1.807) is 19.1 Å². The molecule has 0 spiro atoms. The maximum absolute atomic E-state index is 13.7. The highest BCUT2D eigenvalue weighted by Crippen LogP contribution is 2.25. The first kappa shape index (κ1) is 13.7. The fourth-order valence-electron chi connectivity index (χ4n) is 1.68. The van der Waals surface area contributed by atoms with Crippen LogP contribution in [0.4, 0.5) is 4.39 Å². The van der Waals surface area contributed by atoms with Crippen LogP contribution in [0.25, 0.3) is 11.3 Å². The fourth-order valence-corrected chi connectivity index (χ4v) is 2.05. The van der Waals surface area contributed by atoms with Crippen LogP contribution >= 0.6 is 15.9 Å². The third kappa shape index (κ3) is 3.20. The van der Waals surface area contributed by atoms with Crippen molar-refractivity contribution in [3.63, 3.8) is 0 Å². The molecule has 100 valence electrons. The highest BCUT2D eigenvalue weighted by molar-refractivity contribution is 9.10. The first-order chi connectivity index (χ1) is 8.97. The fraction of sp³-hybridized carbons (Fsp3) is 0.231. The van der Waals surface area contributed by atoms with Gasteiger partial charge in [-0.3, -0.25) is 4.79 Å². The van der Waals surface area contributed by atoms with Crippen LogP contribution < -0.4 is 0 Å². The predicted octanol–water partition coefficient (Wildman–Crippen LogP) is 3.24. The van der Waals surface area contributed by atoms with Gasteiger partial charge in [0, 0.05) is 16.5 Å². The normalized spacial score (nSPS) is 12.4. The van der Waals surface area contributed by atoms with Crippen molar-refractivity contribution in [3.05, 3.63) is 40.5 Å². The number of halogens is 2. The summed E-state index contributed by atoms with van der Waals surface area (Å²) in [5.41, 5.74) is 0.933. The second kappa shape index (κ2) is 5.52. The van der Waals surface area contributed by atoms with E-state index in [1.807, 2.05) is 0 Å².